The first-order valence-corrected chi connectivity index (χ1v) is 8.70. The highest BCUT2D eigenvalue weighted by Gasteiger charge is 2.17. The summed E-state index contributed by atoms with van der Waals surface area (Å²) in [7, 11) is 3.35. The van der Waals surface area contributed by atoms with Crippen LogP contribution < -0.4 is 14.8 Å². The minimum Gasteiger partial charge on any atom is -0.497 e. The molecule has 0 radical (unpaired) electrons. The number of nitrogens with one attached hydrogen (secondary N) is 1. The van der Waals surface area contributed by atoms with Crippen molar-refractivity contribution in [3.05, 3.63) is 60.0 Å². The summed E-state index contributed by atoms with van der Waals surface area (Å²) in [4.78, 5) is 8.83. The van der Waals surface area contributed by atoms with E-state index in [9.17, 15) is 0 Å². The molecule has 5 heteroatoms. The van der Waals surface area contributed by atoms with Crippen LogP contribution in [0, 0.1) is 0 Å². The summed E-state index contributed by atoms with van der Waals surface area (Å²) >= 11 is 0. The van der Waals surface area contributed by atoms with Crippen molar-refractivity contribution < 1.29 is 9.47 Å². The molecule has 26 heavy (non-hydrogen) atoms. The first-order chi connectivity index (χ1) is 12.8. The first kappa shape index (κ1) is 16.4. The van der Waals surface area contributed by atoms with Gasteiger partial charge in [-0.05, 0) is 55.2 Å². The molecule has 1 heterocycles. The van der Waals surface area contributed by atoms with Crippen LogP contribution in [-0.4, -0.2) is 24.2 Å². The van der Waals surface area contributed by atoms with Crippen LogP contribution in [0.5, 0.6) is 11.5 Å². The van der Waals surface area contributed by atoms with Gasteiger partial charge >= 0.3 is 0 Å². The van der Waals surface area contributed by atoms with E-state index in [0.29, 0.717) is 0 Å². The minimum absolute atomic E-state index is 0.827. The number of nitrogens with zero attached hydrogens (tertiary/aromatic N) is 2. The van der Waals surface area contributed by atoms with Gasteiger partial charge in [0.25, 0.3) is 0 Å². The maximum absolute atomic E-state index is 5.55. The van der Waals surface area contributed by atoms with Crippen molar-refractivity contribution in [3.8, 4) is 22.6 Å². The Morgan fingerprint density at radius 2 is 1.77 bits per heavy atom. The lowest BCUT2D eigenvalue weighted by Gasteiger charge is -2.14. The van der Waals surface area contributed by atoms with Crippen molar-refractivity contribution in [2.75, 3.05) is 19.5 Å². The summed E-state index contributed by atoms with van der Waals surface area (Å²) < 4.78 is 10.8. The van der Waals surface area contributed by atoms with Crippen LogP contribution in [0.15, 0.2) is 48.8 Å². The molecule has 5 nitrogen and oxygen atoms in total. The predicted octanol–water partition coefficient (Wildman–Crippen LogP) is 4.39. The molecule has 0 saturated carbocycles. The van der Waals surface area contributed by atoms with Gasteiger partial charge in [0.2, 0.25) is 0 Å². The van der Waals surface area contributed by atoms with Crippen molar-refractivity contribution in [3.63, 3.8) is 0 Å². The number of methoxy groups -OCH3 is 2. The van der Waals surface area contributed by atoms with Crippen molar-refractivity contribution in [1.29, 1.82) is 0 Å². The number of aryl methyl sites for hydroxylation is 1. The van der Waals surface area contributed by atoms with E-state index in [1.165, 1.54) is 5.56 Å². The van der Waals surface area contributed by atoms with E-state index in [1.807, 2.05) is 36.4 Å². The number of hydrogen-bond donors (Lipinski definition) is 1. The molecule has 2 aromatic carbocycles. The molecule has 0 spiro atoms. The summed E-state index contributed by atoms with van der Waals surface area (Å²) in [5.41, 5.74) is 5.45. The van der Waals surface area contributed by atoms with Crippen LogP contribution in [-0.2, 0) is 12.8 Å². The van der Waals surface area contributed by atoms with E-state index in [4.69, 9.17) is 9.47 Å². The van der Waals surface area contributed by atoms with E-state index < -0.39 is 0 Å². The summed E-state index contributed by atoms with van der Waals surface area (Å²) in [6.45, 7) is 0. The fraction of sp³-hybridized carbons (Fsp3) is 0.238. The average molecular weight is 347 g/mol. The summed E-state index contributed by atoms with van der Waals surface area (Å²) in [6, 6.07) is 14.0. The van der Waals surface area contributed by atoms with Gasteiger partial charge in [-0.1, -0.05) is 12.1 Å². The summed E-state index contributed by atoms with van der Waals surface area (Å²) in [5.74, 6) is 2.56. The smallest absolute Gasteiger partial charge is 0.137 e. The molecule has 0 unspecified atom stereocenters. The van der Waals surface area contributed by atoms with Gasteiger partial charge in [0.05, 0.1) is 14.2 Å². The third kappa shape index (κ3) is 3.08. The first-order valence-electron chi connectivity index (χ1n) is 8.70. The Bertz CT molecular complexity index is 923. The van der Waals surface area contributed by atoms with Crippen LogP contribution in [0.4, 0.5) is 11.5 Å². The molecule has 1 aliphatic carbocycles. The monoisotopic (exact) mass is 347 g/mol. The third-order valence-corrected chi connectivity index (χ3v) is 4.74. The number of hydrogen-bond acceptors (Lipinski definition) is 5. The number of anilines is 2. The van der Waals surface area contributed by atoms with Crippen molar-refractivity contribution in [2.24, 2.45) is 0 Å². The van der Waals surface area contributed by atoms with Crippen molar-refractivity contribution >= 4 is 11.5 Å². The van der Waals surface area contributed by atoms with Crippen LogP contribution in [0.25, 0.3) is 11.1 Å². The molecule has 0 amide bonds. The van der Waals surface area contributed by atoms with Crippen LogP contribution in [0.3, 0.4) is 0 Å². The number of fused-ring (bicyclic) bond motifs is 1. The summed E-state index contributed by atoms with van der Waals surface area (Å²) in [5, 5.41) is 3.46. The van der Waals surface area contributed by atoms with Crippen LogP contribution in [0.2, 0.25) is 0 Å². The highest BCUT2D eigenvalue weighted by Crippen LogP contribution is 2.35. The Hall–Kier alpha value is -3.08. The lowest BCUT2D eigenvalue weighted by atomic mass is 10.0. The van der Waals surface area contributed by atoms with Gasteiger partial charge in [-0.2, -0.15) is 0 Å². The van der Waals surface area contributed by atoms with Gasteiger partial charge in [-0.25, -0.2) is 9.97 Å². The molecule has 0 bridgehead atoms. The molecule has 3 aromatic rings. The Kier molecular flexibility index (Phi) is 4.44. The Morgan fingerprint density at radius 3 is 2.54 bits per heavy atom. The number of rotatable bonds is 5. The molecule has 1 aliphatic rings. The molecule has 1 aromatic heterocycles. The molecule has 0 saturated heterocycles. The van der Waals surface area contributed by atoms with Gasteiger partial charge in [-0.3, -0.25) is 0 Å². The highest BCUT2D eigenvalue weighted by atomic mass is 16.5. The fourth-order valence-corrected chi connectivity index (χ4v) is 3.39. The Morgan fingerprint density at radius 1 is 0.923 bits per heavy atom. The standard InChI is InChI=1S/C21H21N3O2/c1-25-16-9-6-14(7-10-16)18-12-15(8-11-20(18)26-2)24-21-17-4-3-5-19(17)22-13-23-21/h6-13H,3-5H2,1-2H3,(H,22,23,24). The predicted molar refractivity (Wildman–Crippen MR) is 102 cm³/mol. The zero-order valence-corrected chi connectivity index (χ0v) is 15.0. The molecule has 0 aliphatic heterocycles. The SMILES string of the molecule is COc1ccc(-c2cc(Nc3ncnc4c3CCC4)ccc2OC)cc1. The zero-order chi connectivity index (χ0) is 17.9. The van der Waals surface area contributed by atoms with Crippen molar-refractivity contribution in [1.82, 2.24) is 9.97 Å². The Labute approximate surface area is 153 Å². The van der Waals surface area contributed by atoms with Gasteiger partial charge in [0, 0.05) is 22.5 Å². The van der Waals surface area contributed by atoms with E-state index in [2.05, 4.69) is 21.4 Å². The number of ether oxygens (including phenoxy) is 2. The molecule has 1 N–H and O–H groups in total. The molecule has 0 atom stereocenters. The summed E-state index contributed by atoms with van der Waals surface area (Å²) in [6.07, 6.45) is 4.84. The van der Waals surface area contributed by atoms with Crippen molar-refractivity contribution in [2.45, 2.75) is 19.3 Å². The average Bonchev–Trinajstić information content (AvgIpc) is 3.18. The topological polar surface area (TPSA) is 56.3 Å². The number of benzene rings is 2. The molecular weight excluding hydrogens is 326 g/mol. The maximum atomic E-state index is 5.55. The highest BCUT2D eigenvalue weighted by molar-refractivity contribution is 5.76. The second-order valence-corrected chi connectivity index (χ2v) is 6.27. The molecular formula is C21H21N3O2. The quantitative estimate of drug-likeness (QED) is 0.742. The van der Waals surface area contributed by atoms with E-state index in [1.54, 1.807) is 20.5 Å². The minimum atomic E-state index is 0.827. The second kappa shape index (κ2) is 7.04. The van der Waals surface area contributed by atoms with E-state index in [0.717, 1.165) is 59.1 Å². The largest absolute Gasteiger partial charge is 0.497 e. The Balaban J connectivity index is 1.69. The van der Waals surface area contributed by atoms with Gasteiger partial charge in [-0.15, -0.1) is 0 Å². The van der Waals surface area contributed by atoms with Gasteiger partial charge in [0.1, 0.15) is 23.6 Å². The van der Waals surface area contributed by atoms with Crippen LogP contribution in [0.1, 0.15) is 17.7 Å². The zero-order valence-electron chi connectivity index (χ0n) is 15.0. The van der Waals surface area contributed by atoms with Gasteiger partial charge in [0.15, 0.2) is 0 Å². The lowest BCUT2D eigenvalue weighted by Crippen LogP contribution is -2.01. The van der Waals surface area contributed by atoms with Crippen LogP contribution >= 0.6 is 0 Å². The number of aromatic nitrogens is 2. The van der Waals surface area contributed by atoms with Gasteiger partial charge < -0.3 is 14.8 Å². The third-order valence-electron chi connectivity index (χ3n) is 4.74. The molecule has 0 fully saturated rings. The maximum Gasteiger partial charge on any atom is 0.137 e. The van der Waals surface area contributed by atoms with E-state index >= 15 is 0 Å². The van der Waals surface area contributed by atoms with E-state index in [-0.39, 0.29) is 0 Å². The molecule has 132 valence electrons. The molecule has 4 rings (SSSR count). The lowest BCUT2D eigenvalue weighted by molar-refractivity contribution is 0.414. The normalized spacial score (nSPS) is 12.5. The fourth-order valence-electron chi connectivity index (χ4n) is 3.39. The second-order valence-electron chi connectivity index (χ2n) is 6.27.